The molecule has 0 saturated carbocycles. The minimum absolute atomic E-state index is 0.0434. The first-order valence-electron chi connectivity index (χ1n) is 6.58. The summed E-state index contributed by atoms with van der Waals surface area (Å²) in [4.78, 5) is 26.1. The fraction of sp³-hybridized carbons (Fsp3) is 0.286. The van der Waals surface area contributed by atoms with Crippen LogP contribution in [-0.4, -0.2) is 38.3 Å². The molecule has 0 bridgehead atoms. The number of carboxylic acids is 1. The van der Waals surface area contributed by atoms with E-state index in [1.54, 1.807) is 0 Å². The van der Waals surface area contributed by atoms with Crippen molar-refractivity contribution in [1.29, 1.82) is 0 Å². The number of hydrogen-bond acceptors (Lipinski definition) is 4. The van der Waals surface area contributed by atoms with Crippen molar-refractivity contribution in [3.63, 3.8) is 0 Å². The predicted molar refractivity (Wildman–Crippen MR) is 75.3 cm³/mol. The minimum atomic E-state index is -0.868. The molecule has 1 aromatic carbocycles. The van der Waals surface area contributed by atoms with Crippen LogP contribution in [-0.2, 0) is 16.1 Å². The summed E-state index contributed by atoms with van der Waals surface area (Å²) in [5.74, 6) is -0.521. The largest absolute Gasteiger partial charge is 0.481 e. The molecule has 2 aromatic rings. The second kappa shape index (κ2) is 7.18. The van der Waals surface area contributed by atoms with E-state index in [-0.39, 0.29) is 18.9 Å². The van der Waals surface area contributed by atoms with Gasteiger partial charge in [0.2, 0.25) is 5.91 Å². The Morgan fingerprint density at radius 1 is 1.24 bits per heavy atom. The summed E-state index contributed by atoms with van der Waals surface area (Å²) >= 11 is 0. The fourth-order valence-corrected chi connectivity index (χ4v) is 1.76. The molecule has 1 aromatic heterocycles. The van der Waals surface area contributed by atoms with Gasteiger partial charge in [0.25, 0.3) is 0 Å². The summed E-state index contributed by atoms with van der Waals surface area (Å²) in [6, 6.07) is 9.48. The third-order valence-electron chi connectivity index (χ3n) is 2.76. The molecule has 1 amide bonds. The average Bonchev–Trinajstić information content (AvgIpc) is 2.93. The highest BCUT2D eigenvalue weighted by atomic mass is 16.4. The van der Waals surface area contributed by atoms with Crippen molar-refractivity contribution in [1.82, 2.24) is 20.1 Å². The van der Waals surface area contributed by atoms with Gasteiger partial charge in [0.05, 0.1) is 0 Å². The lowest BCUT2D eigenvalue weighted by Gasteiger charge is -2.03. The normalized spacial score (nSPS) is 10.3. The molecule has 7 nitrogen and oxygen atoms in total. The number of amides is 1. The van der Waals surface area contributed by atoms with E-state index in [4.69, 9.17) is 5.11 Å². The highest BCUT2D eigenvalue weighted by molar-refractivity contribution is 5.75. The summed E-state index contributed by atoms with van der Waals surface area (Å²) in [7, 11) is 0. The fourth-order valence-electron chi connectivity index (χ4n) is 1.76. The van der Waals surface area contributed by atoms with E-state index in [2.05, 4.69) is 15.4 Å². The topological polar surface area (TPSA) is 97.1 Å². The van der Waals surface area contributed by atoms with E-state index in [1.165, 1.54) is 11.0 Å². The van der Waals surface area contributed by atoms with E-state index in [1.807, 2.05) is 30.3 Å². The Balaban J connectivity index is 1.82. The molecule has 0 atom stereocenters. The number of nitrogens with zero attached hydrogens (tertiary/aromatic N) is 3. The van der Waals surface area contributed by atoms with Gasteiger partial charge in [-0.25, -0.2) is 9.67 Å². The lowest BCUT2D eigenvalue weighted by molar-refractivity contribution is -0.137. The second-order valence-electron chi connectivity index (χ2n) is 4.48. The Hall–Kier alpha value is -2.70. The molecule has 0 aliphatic heterocycles. The number of rotatable bonds is 7. The maximum Gasteiger partial charge on any atom is 0.303 e. The third kappa shape index (κ3) is 4.72. The minimum Gasteiger partial charge on any atom is -0.481 e. The van der Waals surface area contributed by atoms with Gasteiger partial charge in [-0.3, -0.25) is 9.59 Å². The van der Waals surface area contributed by atoms with Crippen LogP contribution < -0.4 is 5.32 Å². The maximum atomic E-state index is 11.7. The number of aromatic nitrogens is 3. The average molecular weight is 288 g/mol. The van der Waals surface area contributed by atoms with Gasteiger partial charge in [0.15, 0.2) is 5.82 Å². The van der Waals surface area contributed by atoms with Gasteiger partial charge in [-0.05, 0) is 6.42 Å². The van der Waals surface area contributed by atoms with E-state index >= 15 is 0 Å². The zero-order valence-corrected chi connectivity index (χ0v) is 11.4. The van der Waals surface area contributed by atoms with Crippen LogP contribution in [0, 0.1) is 0 Å². The molecule has 7 heteroatoms. The molecular formula is C14H16N4O3. The SMILES string of the molecule is O=C(O)CCCNC(=O)Cn1cnc(-c2ccccc2)n1. The van der Waals surface area contributed by atoms with Gasteiger partial charge in [-0.1, -0.05) is 30.3 Å². The highest BCUT2D eigenvalue weighted by Gasteiger charge is 2.07. The zero-order chi connectivity index (χ0) is 15.1. The van der Waals surface area contributed by atoms with E-state index in [9.17, 15) is 9.59 Å². The molecule has 0 radical (unpaired) electrons. The van der Waals surface area contributed by atoms with Crippen molar-refractivity contribution >= 4 is 11.9 Å². The number of benzene rings is 1. The molecule has 110 valence electrons. The van der Waals surface area contributed by atoms with Crippen LogP contribution in [0.1, 0.15) is 12.8 Å². The first-order chi connectivity index (χ1) is 10.1. The van der Waals surface area contributed by atoms with Crippen molar-refractivity contribution in [3.05, 3.63) is 36.7 Å². The molecule has 0 unspecified atom stereocenters. The van der Waals surface area contributed by atoms with Crippen molar-refractivity contribution in [3.8, 4) is 11.4 Å². The lowest BCUT2D eigenvalue weighted by Crippen LogP contribution is -2.28. The van der Waals surface area contributed by atoms with Crippen molar-refractivity contribution < 1.29 is 14.7 Å². The Kier molecular flexibility index (Phi) is 5.03. The summed E-state index contributed by atoms with van der Waals surface area (Å²) in [6.07, 6.45) is 1.95. The predicted octanol–water partition coefficient (Wildman–Crippen LogP) is 0.926. The molecule has 2 N–H and O–H groups in total. The Morgan fingerprint density at radius 3 is 2.71 bits per heavy atom. The van der Waals surface area contributed by atoms with Crippen molar-refractivity contribution in [2.45, 2.75) is 19.4 Å². The van der Waals surface area contributed by atoms with Gasteiger partial charge in [-0.15, -0.1) is 0 Å². The zero-order valence-electron chi connectivity index (χ0n) is 11.4. The van der Waals surface area contributed by atoms with Crippen LogP contribution in [0.4, 0.5) is 0 Å². The lowest BCUT2D eigenvalue weighted by atomic mass is 10.2. The third-order valence-corrected chi connectivity index (χ3v) is 2.76. The van der Waals surface area contributed by atoms with Crippen LogP contribution in [0.2, 0.25) is 0 Å². The molecule has 0 aliphatic carbocycles. The van der Waals surface area contributed by atoms with Gasteiger partial charge in [-0.2, -0.15) is 5.10 Å². The van der Waals surface area contributed by atoms with E-state index in [0.717, 1.165) is 5.56 Å². The summed E-state index contributed by atoms with van der Waals surface area (Å²) in [5.41, 5.74) is 0.887. The summed E-state index contributed by atoms with van der Waals surface area (Å²) in [5, 5.41) is 15.4. The summed E-state index contributed by atoms with van der Waals surface area (Å²) in [6.45, 7) is 0.401. The van der Waals surface area contributed by atoms with Crippen molar-refractivity contribution in [2.75, 3.05) is 6.54 Å². The van der Waals surface area contributed by atoms with Gasteiger partial charge < -0.3 is 10.4 Å². The standard InChI is InChI=1S/C14H16N4O3/c19-12(15-8-4-7-13(20)21)9-18-10-16-14(17-18)11-5-2-1-3-6-11/h1-3,5-6,10H,4,7-9H2,(H,15,19)(H,20,21). The summed E-state index contributed by atoms with van der Waals surface area (Å²) < 4.78 is 1.45. The first-order valence-corrected chi connectivity index (χ1v) is 6.58. The molecule has 0 fully saturated rings. The smallest absolute Gasteiger partial charge is 0.303 e. The monoisotopic (exact) mass is 288 g/mol. The second-order valence-corrected chi connectivity index (χ2v) is 4.48. The van der Waals surface area contributed by atoms with E-state index < -0.39 is 5.97 Å². The van der Waals surface area contributed by atoms with Crippen LogP contribution in [0.25, 0.3) is 11.4 Å². The van der Waals surface area contributed by atoms with Gasteiger partial charge in [0, 0.05) is 18.5 Å². The molecule has 0 spiro atoms. The Bertz CT molecular complexity index is 610. The van der Waals surface area contributed by atoms with Crippen LogP contribution in [0.3, 0.4) is 0 Å². The molecular weight excluding hydrogens is 272 g/mol. The van der Waals surface area contributed by atoms with Crippen LogP contribution in [0.15, 0.2) is 36.7 Å². The van der Waals surface area contributed by atoms with Crippen LogP contribution in [0.5, 0.6) is 0 Å². The number of aliphatic carboxylic acids is 1. The number of carbonyl (C=O) groups excluding carboxylic acids is 1. The highest BCUT2D eigenvalue weighted by Crippen LogP contribution is 2.12. The number of carboxylic acid groups (broad SMARTS) is 1. The molecule has 2 rings (SSSR count). The Labute approximate surface area is 121 Å². The molecule has 0 saturated heterocycles. The van der Waals surface area contributed by atoms with Crippen molar-refractivity contribution in [2.24, 2.45) is 0 Å². The van der Waals surface area contributed by atoms with Crippen LogP contribution >= 0.6 is 0 Å². The maximum absolute atomic E-state index is 11.7. The number of nitrogens with one attached hydrogen (secondary N) is 1. The first kappa shape index (κ1) is 14.7. The van der Waals surface area contributed by atoms with Gasteiger partial charge >= 0.3 is 5.97 Å². The quantitative estimate of drug-likeness (QED) is 0.739. The Morgan fingerprint density at radius 2 is 2.00 bits per heavy atom. The molecule has 0 aliphatic rings. The van der Waals surface area contributed by atoms with Gasteiger partial charge in [0.1, 0.15) is 12.9 Å². The number of carbonyl (C=O) groups is 2. The van der Waals surface area contributed by atoms with E-state index in [0.29, 0.717) is 18.8 Å². The molecule has 1 heterocycles. The number of hydrogen-bond donors (Lipinski definition) is 2. The molecule has 21 heavy (non-hydrogen) atoms.